The summed E-state index contributed by atoms with van der Waals surface area (Å²) in [7, 11) is 0. The van der Waals surface area contributed by atoms with E-state index in [9.17, 15) is 35.4 Å². The highest BCUT2D eigenvalue weighted by Crippen LogP contribution is 2.70. The maximum absolute atomic E-state index is 12.6. The first-order chi connectivity index (χ1) is 26.0. The number of fused-ring (bicyclic) bond motifs is 5. The first kappa shape index (κ1) is 40.5. The summed E-state index contributed by atoms with van der Waals surface area (Å²) in [6, 6.07) is 0. The minimum absolute atomic E-state index is 0.0452. The predicted molar refractivity (Wildman–Crippen MR) is 193 cm³/mol. The fourth-order valence-electron chi connectivity index (χ4n) is 12.8. The number of ether oxygens (including phenoxy) is 7. The van der Waals surface area contributed by atoms with Gasteiger partial charge in [0, 0.05) is 30.8 Å². The Balaban J connectivity index is 0.837. The Kier molecular flexibility index (Phi) is 11.1. The third-order valence-corrected chi connectivity index (χ3v) is 16.0. The fourth-order valence-corrected chi connectivity index (χ4v) is 12.8. The molecular weight excluding hydrogens is 716 g/mol. The molecule has 21 atom stereocenters. The normalized spacial score (nSPS) is 55.5. The Bertz CT molecular complexity index is 1410. The molecule has 0 amide bonds. The molecular formula is C41H64O14. The van der Waals surface area contributed by atoms with Crippen molar-refractivity contribution in [3.05, 3.63) is 11.6 Å². The fraction of sp³-hybridized carbons (Fsp3) is 0.927. The zero-order chi connectivity index (χ0) is 39.2. The molecule has 0 unspecified atom stereocenters. The van der Waals surface area contributed by atoms with E-state index >= 15 is 0 Å². The average Bonchev–Trinajstić information content (AvgIpc) is 3.67. The molecule has 8 aliphatic rings. The van der Waals surface area contributed by atoms with E-state index < -0.39 is 90.9 Å². The van der Waals surface area contributed by atoms with Gasteiger partial charge in [-0.2, -0.15) is 0 Å². The zero-order valence-corrected chi connectivity index (χ0v) is 32.9. The highest BCUT2D eigenvalue weighted by molar-refractivity contribution is 5.85. The van der Waals surface area contributed by atoms with Gasteiger partial charge in [0.25, 0.3) is 0 Å². The number of cyclic esters (lactones) is 1. The van der Waals surface area contributed by atoms with Gasteiger partial charge in [0.2, 0.25) is 0 Å². The van der Waals surface area contributed by atoms with Crippen molar-refractivity contribution in [1.82, 2.24) is 0 Å². The van der Waals surface area contributed by atoms with Crippen LogP contribution >= 0.6 is 0 Å². The van der Waals surface area contributed by atoms with Crippen LogP contribution in [0, 0.1) is 34.5 Å². The summed E-state index contributed by atoms with van der Waals surface area (Å²) in [4.78, 5) is 11.9. The van der Waals surface area contributed by atoms with Crippen LogP contribution in [0.3, 0.4) is 0 Å². The highest BCUT2D eigenvalue weighted by Gasteiger charge is 2.71. The van der Waals surface area contributed by atoms with Gasteiger partial charge in [-0.3, -0.25) is 0 Å². The summed E-state index contributed by atoms with van der Waals surface area (Å²) in [6.45, 7) is 9.90. The highest BCUT2D eigenvalue weighted by atomic mass is 16.7. The van der Waals surface area contributed by atoms with Crippen molar-refractivity contribution in [2.45, 2.75) is 197 Å². The lowest BCUT2D eigenvalue weighted by Crippen LogP contribution is -2.67. The number of aliphatic hydroxyl groups excluding tert-OH is 5. The maximum atomic E-state index is 12.6. The zero-order valence-electron chi connectivity index (χ0n) is 32.9. The summed E-state index contributed by atoms with van der Waals surface area (Å²) in [5, 5.41) is 66.9. The van der Waals surface area contributed by atoms with Gasteiger partial charge in [-0.1, -0.05) is 13.8 Å². The Morgan fingerprint density at radius 3 is 1.87 bits per heavy atom. The largest absolute Gasteiger partial charge is 0.458 e. The molecule has 312 valence electrons. The van der Waals surface area contributed by atoms with Crippen LogP contribution in [-0.2, 0) is 38.0 Å². The minimum Gasteiger partial charge on any atom is -0.458 e. The van der Waals surface area contributed by atoms with Gasteiger partial charge in [0.05, 0.1) is 54.4 Å². The van der Waals surface area contributed by atoms with Crippen LogP contribution in [0.1, 0.15) is 105 Å². The monoisotopic (exact) mass is 780 g/mol. The number of hydrogen-bond acceptors (Lipinski definition) is 14. The van der Waals surface area contributed by atoms with Gasteiger partial charge < -0.3 is 63.8 Å². The Morgan fingerprint density at radius 1 is 0.691 bits per heavy atom. The molecule has 0 aromatic heterocycles. The standard InChI is InChI=1S/C41H64O14/c1-19-36(47)28(42)15-34(50-19)54-38-21(3)52-35(17-30(38)44)55-37-20(2)51-33(16-29(37)43)53-24-8-10-39(4)23(13-24)6-7-26-27(39)14-31(45)40(5)25(9-11-41(26,40)48)22-12-32(46)49-18-22/h12,19-21,23-31,33-38,42-45,47-48H,6-11,13-18H2,1-5H3/t19-,20+,21+,23-,24+,25-,26-,27-,28+,29+,30+,31-,33+,34+,35+,36+,37-,38-,39+,40+,41+/m1/s1. The maximum Gasteiger partial charge on any atom is 0.331 e. The molecule has 0 radical (unpaired) electrons. The van der Waals surface area contributed by atoms with Gasteiger partial charge in [0.15, 0.2) is 18.9 Å². The van der Waals surface area contributed by atoms with Crippen molar-refractivity contribution in [3.8, 4) is 0 Å². The van der Waals surface area contributed by atoms with Crippen LogP contribution in [0.4, 0.5) is 0 Å². The summed E-state index contributed by atoms with van der Waals surface area (Å²) < 4.78 is 42.1. The second kappa shape index (κ2) is 15.1. The number of esters is 1. The van der Waals surface area contributed by atoms with Gasteiger partial charge in [-0.05, 0) is 107 Å². The van der Waals surface area contributed by atoms with Gasteiger partial charge in [-0.25, -0.2) is 4.79 Å². The van der Waals surface area contributed by atoms with E-state index in [2.05, 4.69) is 6.92 Å². The number of hydrogen-bond donors (Lipinski definition) is 6. The van der Waals surface area contributed by atoms with E-state index in [0.717, 1.165) is 44.1 Å². The molecule has 0 spiro atoms. The number of rotatable bonds is 7. The molecule has 4 aliphatic heterocycles. The summed E-state index contributed by atoms with van der Waals surface area (Å²) in [6.07, 6.45) is -1.51. The molecule has 55 heavy (non-hydrogen) atoms. The van der Waals surface area contributed by atoms with Crippen LogP contribution in [0.25, 0.3) is 0 Å². The molecule has 3 saturated heterocycles. The van der Waals surface area contributed by atoms with Crippen molar-refractivity contribution < 1.29 is 68.6 Å². The van der Waals surface area contributed by atoms with Crippen molar-refractivity contribution >= 4 is 5.97 Å². The second-order valence-corrected chi connectivity index (χ2v) is 18.8. The molecule has 6 N–H and O–H groups in total. The third-order valence-electron chi connectivity index (χ3n) is 16.0. The lowest BCUT2D eigenvalue weighted by molar-refractivity contribution is -0.336. The molecule has 0 bridgehead atoms. The van der Waals surface area contributed by atoms with Crippen LogP contribution < -0.4 is 0 Å². The lowest BCUT2D eigenvalue weighted by Gasteiger charge is -2.65. The van der Waals surface area contributed by atoms with Crippen molar-refractivity contribution in [3.63, 3.8) is 0 Å². The van der Waals surface area contributed by atoms with Gasteiger partial charge in [0.1, 0.15) is 24.9 Å². The Labute approximate surface area is 323 Å². The first-order valence-electron chi connectivity index (χ1n) is 20.9. The molecule has 4 aliphatic carbocycles. The lowest BCUT2D eigenvalue weighted by atomic mass is 9.42. The molecule has 14 heteroatoms. The average molecular weight is 781 g/mol. The van der Waals surface area contributed by atoms with Crippen molar-refractivity contribution in [2.24, 2.45) is 34.5 Å². The summed E-state index contributed by atoms with van der Waals surface area (Å²) >= 11 is 0. The van der Waals surface area contributed by atoms with Crippen LogP contribution in [0.5, 0.6) is 0 Å². The number of carbonyl (C=O) groups excluding carboxylic acids is 1. The molecule has 4 saturated carbocycles. The van der Waals surface area contributed by atoms with E-state index in [1.54, 1.807) is 19.9 Å². The summed E-state index contributed by atoms with van der Waals surface area (Å²) in [5.41, 5.74) is -0.892. The van der Waals surface area contributed by atoms with Crippen molar-refractivity contribution in [1.29, 1.82) is 0 Å². The van der Waals surface area contributed by atoms with Crippen LogP contribution in [0.15, 0.2) is 11.6 Å². The SMILES string of the molecule is C[C@@H]1O[C@@H](O[C@H]2CC[C@@]3(C)[C@H](CC[C@@H]4[C@H]3C[C@@H](O)[C@]3(C)[C@@H](C5=CC(=O)OC5)CC[C@]43O)C2)C[C@H](O)[C@@H]1O[C@H]1C[C@H](O)[C@H](O[C@H]2C[C@H](O)[C@@H](O)[C@@H](C)O2)[C@H](C)O1. The second-order valence-electron chi connectivity index (χ2n) is 18.8. The van der Waals surface area contributed by atoms with E-state index in [0.29, 0.717) is 18.8 Å². The van der Waals surface area contributed by atoms with Crippen molar-refractivity contribution in [2.75, 3.05) is 6.61 Å². The molecule has 14 nitrogen and oxygen atoms in total. The van der Waals surface area contributed by atoms with Crippen LogP contribution in [0.2, 0.25) is 0 Å². The Morgan fingerprint density at radius 2 is 1.29 bits per heavy atom. The summed E-state index contributed by atoms with van der Waals surface area (Å²) in [5.74, 6) is 0.204. The first-order valence-corrected chi connectivity index (χ1v) is 20.9. The predicted octanol–water partition coefficient (Wildman–Crippen LogP) is 2.22. The number of aliphatic hydroxyl groups is 6. The molecule has 7 fully saturated rings. The van der Waals surface area contributed by atoms with E-state index in [1.165, 1.54) is 0 Å². The topological polar surface area (TPSA) is 203 Å². The van der Waals surface area contributed by atoms with Gasteiger partial charge in [-0.15, -0.1) is 0 Å². The van der Waals surface area contributed by atoms with Gasteiger partial charge >= 0.3 is 5.97 Å². The van der Waals surface area contributed by atoms with E-state index in [4.69, 9.17) is 33.2 Å². The van der Waals surface area contributed by atoms with Crippen LogP contribution in [-0.4, -0.2) is 135 Å². The minimum atomic E-state index is -1.01. The quantitative estimate of drug-likeness (QED) is 0.162. The Hall–Kier alpha value is -1.27. The van der Waals surface area contributed by atoms with E-state index in [-0.39, 0.29) is 61.1 Å². The molecule has 8 rings (SSSR count). The smallest absolute Gasteiger partial charge is 0.331 e. The molecule has 4 heterocycles. The number of carbonyl (C=O) groups is 1. The molecule has 0 aromatic carbocycles. The third kappa shape index (κ3) is 6.95. The molecule has 0 aromatic rings. The van der Waals surface area contributed by atoms with E-state index in [1.807, 2.05) is 13.8 Å².